The molecule has 134 valence electrons. The van der Waals surface area contributed by atoms with Gasteiger partial charge in [0.05, 0.1) is 30.7 Å². The Hall–Kier alpha value is -2.37. The Bertz CT molecular complexity index is 1010. The van der Waals surface area contributed by atoms with Crippen LogP contribution in [0.1, 0.15) is 18.2 Å². The van der Waals surface area contributed by atoms with E-state index in [2.05, 4.69) is 5.10 Å². The molecule has 2 aromatic carbocycles. The molecule has 3 aromatic rings. The van der Waals surface area contributed by atoms with E-state index in [0.29, 0.717) is 32.1 Å². The first kappa shape index (κ1) is 18.4. The van der Waals surface area contributed by atoms with Gasteiger partial charge in [-0.15, -0.1) is 0 Å². The summed E-state index contributed by atoms with van der Waals surface area (Å²) in [6, 6.07) is 12.2. The van der Waals surface area contributed by atoms with Gasteiger partial charge in [-0.2, -0.15) is 5.10 Å². The largest absolute Gasteiger partial charge is 0.466 e. The summed E-state index contributed by atoms with van der Waals surface area (Å²) < 4.78 is 6.29. The van der Waals surface area contributed by atoms with Crippen LogP contribution < -0.4 is 5.56 Å². The maximum atomic E-state index is 12.8. The second-order valence-electron chi connectivity index (χ2n) is 5.64. The van der Waals surface area contributed by atoms with E-state index in [1.807, 2.05) is 0 Å². The number of carbonyl (C=O) groups is 1. The summed E-state index contributed by atoms with van der Waals surface area (Å²) in [6.45, 7) is 2.13. The van der Waals surface area contributed by atoms with Gasteiger partial charge in [-0.25, -0.2) is 4.68 Å². The Morgan fingerprint density at radius 2 is 1.73 bits per heavy atom. The van der Waals surface area contributed by atoms with Crippen molar-refractivity contribution in [3.63, 3.8) is 0 Å². The summed E-state index contributed by atoms with van der Waals surface area (Å²) in [5.74, 6) is -0.397. The monoisotopic (exact) mass is 390 g/mol. The van der Waals surface area contributed by atoms with Crippen molar-refractivity contribution in [2.45, 2.75) is 19.9 Å². The summed E-state index contributed by atoms with van der Waals surface area (Å²) >= 11 is 12.4. The molecule has 0 aliphatic rings. The molecular weight excluding hydrogens is 375 g/mol. The molecule has 0 amide bonds. The van der Waals surface area contributed by atoms with Crippen molar-refractivity contribution in [2.24, 2.45) is 0 Å². The minimum Gasteiger partial charge on any atom is -0.466 e. The highest BCUT2D eigenvalue weighted by atomic mass is 35.5. The lowest BCUT2D eigenvalue weighted by Crippen LogP contribution is -2.26. The molecule has 0 saturated carbocycles. The Kier molecular flexibility index (Phi) is 5.59. The fourth-order valence-electron chi connectivity index (χ4n) is 2.72. The highest BCUT2D eigenvalue weighted by molar-refractivity contribution is 6.35. The zero-order valence-corrected chi connectivity index (χ0v) is 15.5. The third-order valence-electron chi connectivity index (χ3n) is 3.93. The van der Waals surface area contributed by atoms with E-state index in [9.17, 15) is 9.59 Å². The molecule has 0 aliphatic heterocycles. The molecule has 26 heavy (non-hydrogen) atoms. The van der Waals surface area contributed by atoms with Gasteiger partial charge < -0.3 is 4.74 Å². The van der Waals surface area contributed by atoms with Gasteiger partial charge in [0.2, 0.25) is 0 Å². The number of ether oxygens (including phenoxy) is 1. The molecule has 3 rings (SSSR count). The van der Waals surface area contributed by atoms with Crippen molar-refractivity contribution < 1.29 is 9.53 Å². The first-order valence-corrected chi connectivity index (χ1v) is 8.84. The number of aromatic nitrogens is 2. The molecule has 1 heterocycles. The van der Waals surface area contributed by atoms with Crippen LogP contribution in [0.2, 0.25) is 10.0 Å². The van der Waals surface area contributed by atoms with E-state index >= 15 is 0 Å². The van der Waals surface area contributed by atoms with Crippen LogP contribution in [0.3, 0.4) is 0 Å². The third-order valence-corrected chi connectivity index (χ3v) is 4.64. The maximum Gasteiger partial charge on any atom is 0.311 e. The lowest BCUT2D eigenvalue weighted by atomic mass is 10.1. The molecular formula is C19H16Cl2N2O3. The predicted molar refractivity (Wildman–Crippen MR) is 102 cm³/mol. The van der Waals surface area contributed by atoms with Gasteiger partial charge in [-0.05, 0) is 25.1 Å². The Balaban J connectivity index is 2.12. The first-order chi connectivity index (χ1) is 12.5. The SMILES string of the molecule is CCOC(=O)Cc1nn(Cc2c(Cl)cccc2Cl)c(=O)c2ccccc12. The van der Waals surface area contributed by atoms with Crippen molar-refractivity contribution in [3.05, 3.63) is 74.1 Å². The fourth-order valence-corrected chi connectivity index (χ4v) is 3.24. The molecule has 0 aliphatic carbocycles. The predicted octanol–water partition coefficient (Wildman–Crippen LogP) is 3.86. The van der Waals surface area contributed by atoms with E-state index in [1.54, 1.807) is 49.4 Å². The quantitative estimate of drug-likeness (QED) is 0.620. The molecule has 0 fully saturated rings. The number of carbonyl (C=O) groups excluding carboxylic acids is 1. The molecule has 0 unspecified atom stereocenters. The molecule has 0 saturated heterocycles. The van der Waals surface area contributed by atoms with Gasteiger partial charge in [-0.1, -0.05) is 47.5 Å². The van der Waals surface area contributed by atoms with Gasteiger partial charge in [0.1, 0.15) is 0 Å². The van der Waals surface area contributed by atoms with Crippen molar-refractivity contribution >= 4 is 39.9 Å². The first-order valence-electron chi connectivity index (χ1n) is 8.08. The molecule has 0 bridgehead atoms. The summed E-state index contributed by atoms with van der Waals surface area (Å²) in [7, 11) is 0. The van der Waals surface area contributed by atoms with Crippen LogP contribution in [-0.2, 0) is 22.5 Å². The summed E-state index contributed by atoms with van der Waals surface area (Å²) in [5, 5.41) is 6.40. The smallest absolute Gasteiger partial charge is 0.311 e. The van der Waals surface area contributed by atoms with Crippen molar-refractivity contribution in [1.29, 1.82) is 0 Å². The Morgan fingerprint density at radius 3 is 2.38 bits per heavy atom. The van der Waals surface area contributed by atoms with E-state index in [0.717, 1.165) is 0 Å². The van der Waals surface area contributed by atoms with Crippen LogP contribution in [0.5, 0.6) is 0 Å². The Morgan fingerprint density at radius 1 is 1.08 bits per heavy atom. The number of esters is 1. The van der Waals surface area contributed by atoms with Crippen LogP contribution in [-0.4, -0.2) is 22.4 Å². The highest BCUT2D eigenvalue weighted by Crippen LogP contribution is 2.25. The topological polar surface area (TPSA) is 61.2 Å². The van der Waals surface area contributed by atoms with Crippen molar-refractivity contribution in [2.75, 3.05) is 6.61 Å². The standard InChI is InChI=1S/C19H16Cl2N2O3/c1-2-26-18(24)10-17-12-6-3-4-7-13(12)19(25)23(22-17)11-14-15(20)8-5-9-16(14)21/h3-9H,2,10-11H2,1H3. The van der Waals surface area contributed by atoms with Gasteiger partial charge >= 0.3 is 5.97 Å². The van der Waals surface area contributed by atoms with Crippen LogP contribution in [0, 0.1) is 0 Å². The van der Waals surface area contributed by atoms with Crippen molar-refractivity contribution in [1.82, 2.24) is 9.78 Å². The average molecular weight is 391 g/mol. The van der Waals surface area contributed by atoms with Gasteiger partial charge in [0.15, 0.2) is 0 Å². The fraction of sp³-hybridized carbons (Fsp3) is 0.211. The number of fused-ring (bicyclic) bond motifs is 1. The molecule has 5 nitrogen and oxygen atoms in total. The lowest BCUT2D eigenvalue weighted by molar-refractivity contribution is -0.142. The molecule has 7 heteroatoms. The highest BCUT2D eigenvalue weighted by Gasteiger charge is 2.16. The molecule has 0 N–H and O–H groups in total. The minimum atomic E-state index is -0.397. The second-order valence-corrected chi connectivity index (χ2v) is 6.45. The number of benzene rings is 2. The zero-order chi connectivity index (χ0) is 18.7. The van der Waals surface area contributed by atoms with E-state index in [4.69, 9.17) is 27.9 Å². The molecule has 1 aromatic heterocycles. The lowest BCUT2D eigenvalue weighted by Gasteiger charge is -2.12. The van der Waals surface area contributed by atoms with Crippen LogP contribution in [0.15, 0.2) is 47.3 Å². The van der Waals surface area contributed by atoms with Gasteiger partial charge in [0, 0.05) is 21.0 Å². The van der Waals surface area contributed by atoms with Crippen molar-refractivity contribution in [3.8, 4) is 0 Å². The number of hydrogen-bond acceptors (Lipinski definition) is 4. The normalized spacial score (nSPS) is 10.9. The zero-order valence-electron chi connectivity index (χ0n) is 14.0. The second kappa shape index (κ2) is 7.89. The van der Waals surface area contributed by atoms with Crippen LogP contribution in [0.25, 0.3) is 10.8 Å². The van der Waals surface area contributed by atoms with E-state index in [1.165, 1.54) is 4.68 Å². The van der Waals surface area contributed by atoms with Crippen LogP contribution in [0.4, 0.5) is 0 Å². The minimum absolute atomic E-state index is 0.0229. The van der Waals surface area contributed by atoms with Crippen LogP contribution >= 0.6 is 23.2 Å². The molecule has 0 atom stereocenters. The van der Waals surface area contributed by atoms with E-state index < -0.39 is 5.97 Å². The summed E-state index contributed by atoms with van der Waals surface area (Å²) in [5.41, 5.74) is 0.800. The third kappa shape index (κ3) is 3.74. The van der Waals surface area contributed by atoms with E-state index in [-0.39, 0.29) is 25.1 Å². The molecule has 0 spiro atoms. The maximum absolute atomic E-state index is 12.8. The van der Waals surface area contributed by atoms with Gasteiger partial charge in [0.25, 0.3) is 5.56 Å². The Labute approximate surface area is 160 Å². The number of rotatable bonds is 5. The average Bonchev–Trinajstić information content (AvgIpc) is 2.62. The summed E-state index contributed by atoms with van der Waals surface area (Å²) in [6.07, 6.45) is -0.0229. The number of halogens is 2. The number of nitrogens with zero attached hydrogens (tertiary/aromatic N) is 2. The molecule has 0 radical (unpaired) electrons. The number of hydrogen-bond donors (Lipinski definition) is 0. The summed E-state index contributed by atoms with van der Waals surface area (Å²) in [4.78, 5) is 24.7. The van der Waals surface area contributed by atoms with Gasteiger partial charge in [-0.3, -0.25) is 9.59 Å².